The highest BCUT2D eigenvalue weighted by molar-refractivity contribution is 5.81. The summed E-state index contributed by atoms with van der Waals surface area (Å²) in [6, 6.07) is 0.360. The van der Waals surface area contributed by atoms with Gasteiger partial charge in [0.05, 0.1) is 12.6 Å². The fourth-order valence-corrected chi connectivity index (χ4v) is 4.42. The number of amides is 2. The molecule has 0 aliphatic carbocycles. The topological polar surface area (TPSA) is 47.1 Å². The molecule has 0 aromatic carbocycles. The number of carbonyl (C=O) groups is 2. The molecule has 142 valence electrons. The van der Waals surface area contributed by atoms with Crippen molar-refractivity contribution >= 4 is 11.8 Å². The molecule has 0 saturated carbocycles. The first-order valence-corrected chi connectivity index (χ1v) is 10.1. The van der Waals surface area contributed by atoms with E-state index in [1.807, 2.05) is 11.8 Å². The second-order valence-corrected chi connectivity index (χ2v) is 7.95. The highest BCUT2D eigenvalue weighted by atomic mass is 16.2. The van der Waals surface area contributed by atoms with Crippen LogP contribution < -0.4 is 0 Å². The van der Waals surface area contributed by atoms with Crippen molar-refractivity contribution in [3.63, 3.8) is 0 Å². The van der Waals surface area contributed by atoms with Gasteiger partial charge < -0.3 is 9.80 Å². The molecule has 3 fully saturated rings. The molecular weight excluding hydrogens is 316 g/mol. The molecule has 3 saturated heterocycles. The Hall–Kier alpha value is -1.14. The third kappa shape index (κ3) is 4.53. The maximum atomic E-state index is 12.6. The first kappa shape index (κ1) is 18.6. The summed E-state index contributed by atoms with van der Waals surface area (Å²) in [7, 11) is 0. The van der Waals surface area contributed by atoms with E-state index in [1.165, 1.54) is 6.42 Å². The van der Waals surface area contributed by atoms with Gasteiger partial charge in [-0.15, -0.1) is 0 Å². The van der Waals surface area contributed by atoms with Crippen LogP contribution in [0.3, 0.4) is 0 Å². The average molecular weight is 351 g/mol. The Morgan fingerprint density at radius 2 is 1.56 bits per heavy atom. The lowest BCUT2D eigenvalue weighted by Gasteiger charge is -2.40. The minimum absolute atomic E-state index is 0.0296. The third-order valence-corrected chi connectivity index (χ3v) is 6.21. The van der Waals surface area contributed by atoms with Crippen molar-refractivity contribution in [3.05, 3.63) is 0 Å². The number of hydrogen-bond donors (Lipinski definition) is 0. The van der Waals surface area contributed by atoms with Crippen LogP contribution in [-0.2, 0) is 9.59 Å². The van der Waals surface area contributed by atoms with Crippen LogP contribution in [0.2, 0.25) is 0 Å². The molecule has 3 heterocycles. The van der Waals surface area contributed by atoms with Gasteiger partial charge in [-0.2, -0.15) is 0 Å². The summed E-state index contributed by atoms with van der Waals surface area (Å²) in [4.78, 5) is 33.8. The zero-order chi connectivity index (χ0) is 17.8. The molecule has 2 unspecified atom stereocenters. The van der Waals surface area contributed by atoms with Gasteiger partial charge in [0.1, 0.15) is 0 Å². The monoisotopic (exact) mass is 350 g/mol. The summed E-state index contributed by atoms with van der Waals surface area (Å²) in [5.74, 6) is 0.561. The fourth-order valence-electron chi connectivity index (χ4n) is 4.42. The largest absolute Gasteiger partial charge is 0.341 e. The number of carbonyl (C=O) groups excluding carboxylic acids is 2. The Morgan fingerprint density at radius 3 is 2.20 bits per heavy atom. The lowest BCUT2D eigenvalue weighted by molar-refractivity contribution is -0.138. The Bertz CT molecular complexity index is 470. The predicted octanol–water partition coefficient (Wildman–Crippen LogP) is 1.02. The normalized spacial score (nSPS) is 27.5. The van der Waals surface area contributed by atoms with Gasteiger partial charge >= 0.3 is 0 Å². The molecule has 2 atom stereocenters. The molecule has 6 nitrogen and oxygen atoms in total. The second-order valence-electron chi connectivity index (χ2n) is 7.95. The summed E-state index contributed by atoms with van der Waals surface area (Å²) in [6.45, 7) is 11.0. The summed E-state index contributed by atoms with van der Waals surface area (Å²) in [6.07, 6.45) is 5.80. The van der Waals surface area contributed by atoms with E-state index in [0.29, 0.717) is 12.6 Å². The maximum Gasteiger partial charge on any atom is 0.239 e. The molecule has 2 amide bonds. The Kier molecular flexibility index (Phi) is 6.34. The summed E-state index contributed by atoms with van der Waals surface area (Å²) in [5.41, 5.74) is 0. The van der Waals surface area contributed by atoms with E-state index in [-0.39, 0.29) is 17.9 Å². The minimum atomic E-state index is -0.0296. The van der Waals surface area contributed by atoms with E-state index in [4.69, 9.17) is 0 Å². The zero-order valence-corrected chi connectivity index (χ0v) is 16.0. The van der Waals surface area contributed by atoms with Crippen LogP contribution in [0.15, 0.2) is 0 Å². The number of hydrogen-bond acceptors (Lipinski definition) is 4. The van der Waals surface area contributed by atoms with E-state index in [1.54, 1.807) is 0 Å². The molecule has 3 aliphatic rings. The van der Waals surface area contributed by atoms with Crippen LogP contribution in [0.4, 0.5) is 0 Å². The van der Waals surface area contributed by atoms with Gasteiger partial charge in [-0.25, -0.2) is 0 Å². The van der Waals surface area contributed by atoms with Crippen molar-refractivity contribution in [3.8, 4) is 0 Å². The quantitative estimate of drug-likeness (QED) is 0.759. The van der Waals surface area contributed by atoms with Crippen molar-refractivity contribution in [1.29, 1.82) is 0 Å². The van der Waals surface area contributed by atoms with Crippen molar-refractivity contribution in [1.82, 2.24) is 19.6 Å². The second kappa shape index (κ2) is 8.49. The Labute approximate surface area is 152 Å². The number of likely N-dealkylation sites (tertiary alicyclic amines) is 2. The van der Waals surface area contributed by atoms with Crippen molar-refractivity contribution < 1.29 is 9.59 Å². The number of piperidine rings is 1. The third-order valence-electron chi connectivity index (χ3n) is 6.21. The molecule has 0 aromatic rings. The summed E-state index contributed by atoms with van der Waals surface area (Å²) in [5, 5.41) is 0. The SMILES string of the molecule is CC(C(=O)N1CCCC1)N1CCN(CC(=O)N2CCCCC2C)CC1. The van der Waals surface area contributed by atoms with Crippen LogP contribution >= 0.6 is 0 Å². The van der Waals surface area contributed by atoms with Gasteiger partial charge in [0.15, 0.2) is 0 Å². The summed E-state index contributed by atoms with van der Waals surface area (Å²) < 4.78 is 0. The molecule has 0 radical (unpaired) electrons. The van der Waals surface area contributed by atoms with Crippen molar-refractivity contribution in [2.45, 2.75) is 58.0 Å². The van der Waals surface area contributed by atoms with Crippen LogP contribution in [0.25, 0.3) is 0 Å². The highest BCUT2D eigenvalue weighted by Crippen LogP contribution is 2.17. The predicted molar refractivity (Wildman–Crippen MR) is 98.3 cm³/mol. The van der Waals surface area contributed by atoms with Gasteiger partial charge in [-0.05, 0) is 46.0 Å². The maximum absolute atomic E-state index is 12.6. The van der Waals surface area contributed by atoms with Crippen LogP contribution in [-0.4, -0.2) is 95.9 Å². The number of nitrogens with zero attached hydrogens (tertiary/aromatic N) is 4. The molecule has 3 aliphatic heterocycles. The van der Waals surface area contributed by atoms with Crippen molar-refractivity contribution in [2.75, 3.05) is 52.4 Å². The summed E-state index contributed by atoms with van der Waals surface area (Å²) >= 11 is 0. The number of rotatable bonds is 4. The van der Waals surface area contributed by atoms with E-state index in [2.05, 4.69) is 21.6 Å². The van der Waals surface area contributed by atoms with Crippen molar-refractivity contribution in [2.24, 2.45) is 0 Å². The average Bonchev–Trinajstić information content (AvgIpc) is 3.16. The van der Waals surface area contributed by atoms with E-state index in [0.717, 1.165) is 71.5 Å². The molecule has 0 N–H and O–H groups in total. The lowest BCUT2D eigenvalue weighted by atomic mass is 10.0. The molecule has 0 spiro atoms. The molecule has 3 rings (SSSR count). The number of piperazine rings is 1. The van der Waals surface area contributed by atoms with Gasteiger partial charge in [0.2, 0.25) is 11.8 Å². The van der Waals surface area contributed by atoms with E-state index in [9.17, 15) is 9.59 Å². The molecule has 25 heavy (non-hydrogen) atoms. The van der Waals surface area contributed by atoms with E-state index < -0.39 is 0 Å². The highest BCUT2D eigenvalue weighted by Gasteiger charge is 2.31. The van der Waals surface area contributed by atoms with Crippen LogP contribution in [0.1, 0.15) is 46.0 Å². The fraction of sp³-hybridized carbons (Fsp3) is 0.895. The van der Waals surface area contributed by atoms with Gasteiger partial charge in [0.25, 0.3) is 0 Å². The molecule has 6 heteroatoms. The van der Waals surface area contributed by atoms with Crippen LogP contribution in [0, 0.1) is 0 Å². The first-order valence-electron chi connectivity index (χ1n) is 10.1. The molecule has 0 bridgehead atoms. The van der Waals surface area contributed by atoms with E-state index >= 15 is 0 Å². The molecule has 0 aromatic heterocycles. The van der Waals surface area contributed by atoms with Gasteiger partial charge in [0, 0.05) is 51.9 Å². The van der Waals surface area contributed by atoms with Gasteiger partial charge in [-0.1, -0.05) is 0 Å². The first-order chi connectivity index (χ1) is 12.1. The standard InChI is InChI=1S/C19H34N4O2/c1-16-7-3-4-10-23(16)18(24)15-20-11-13-21(14-12-20)17(2)19(25)22-8-5-6-9-22/h16-17H,3-15H2,1-2H3. The Balaban J connectivity index is 1.43. The van der Waals surface area contributed by atoms with Gasteiger partial charge in [-0.3, -0.25) is 19.4 Å². The zero-order valence-electron chi connectivity index (χ0n) is 16.0. The lowest BCUT2D eigenvalue weighted by Crippen LogP contribution is -2.56. The Morgan fingerprint density at radius 1 is 0.920 bits per heavy atom. The smallest absolute Gasteiger partial charge is 0.239 e. The molecular formula is C19H34N4O2. The minimum Gasteiger partial charge on any atom is -0.341 e. The van der Waals surface area contributed by atoms with Crippen LogP contribution in [0.5, 0.6) is 0 Å².